The summed E-state index contributed by atoms with van der Waals surface area (Å²) in [5.41, 5.74) is -1.35. The fourth-order valence-corrected chi connectivity index (χ4v) is 3.30. The highest BCUT2D eigenvalue weighted by Gasteiger charge is 2.48. The summed E-state index contributed by atoms with van der Waals surface area (Å²) in [6.07, 6.45) is 1.44. The van der Waals surface area contributed by atoms with Crippen molar-refractivity contribution in [3.8, 4) is 0 Å². The van der Waals surface area contributed by atoms with Crippen LogP contribution in [0.2, 0.25) is 5.02 Å². The Kier molecular flexibility index (Phi) is 6.79. The van der Waals surface area contributed by atoms with Crippen molar-refractivity contribution in [2.75, 3.05) is 13.7 Å². The zero-order chi connectivity index (χ0) is 18.4. The van der Waals surface area contributed by atoms with Crippen LogP contribution in [0.25, 0.3) is 0 Å². The van der Waals surface area contributed by atoms with E-state index in [9.17, 15) is 14.0 Å². The van der Waals surface area contributed by atoms with E-state index < -0.39 is 23.4 Å². The van der Waals surface area contributed by atoms with Crippen LogP contribution in [0.5, 0.6) is 0 Å². The summed E-state index contributed by atoms with van der Waals surface area (Å²) in [6, 6.07) is 4.17. The molecule has 0 saturated heterocycles. The maximum atomic E-state index is 13.9. The van der Waals surface area contributed by atoms with E-state index in [1.807, 2.05) is 0 Å². The molecule has 0 aromatic heterocycles. The van der Waals surface area contributed by atoms with Gasteiger partial charge in [0.1, 0.15) is 5.82 Å². The minimum absolute atomic E-state index is 0.0484. The topological polar surface area (TPSA) is 61.8 Å². The smallest absolute Gasteiger partial charge is 0.350 e. The maximum Gasteiger partial charge on any atom is 0.350 e. The van der Waals surface area contributed by atoms with Crippen LogP contribution >= 0.6 is 11.6 Å². The van der Waals surface area contributed by atoms with Gasteiger partial charge >= 0.3 is 11.9 Å². The number of carbonyl (C=O) groups excluding carboxylic acids is 2. The SMILES string of the molecule is CCOC(=O)C1(OC(=O)Cc2c(F)cccc2Cl)CCCC(OC)C1. The van der Waals surface area contributed by atoms with E-state index >= 15 is 0 Å². The number of carbonyl (C=O) groups is 2. The highest BCUT2D eigenvalue weighted by molar-refractivity contribution is 6.31. The first kappa shape index (κ1) is 19.7. The number of esters is 2. The van der Waals surface area contributed by atoms with Gasteiger partial charge in [-0.1, -0.05) is 17.7 Å². The van der Waals surface area contributed by atoms with Crippen molar-refractivity contribution in [2.24, 2.45) is 0 Å². The zero-order valence-electron chi connectivity index (χ0n) is 14.3. The fraction of sp³-hybridized carbons (Fsp3) is 0.556. The second kappa shape index (κ2) is 8.63. The van der Waals surface area contributed by atoms with Crippen LogP contribution in [0.1, 0.15) is 38.2 Å². The van der Waals surface area contributed by atoms with E-state index in [0.717, 1.165) is 6.42 Å². The van der Waals surface area contributed by atoms with Crippen molar-refractivity contribution in [3.05, 3.63) is 34.6 Å². The third-order valence-corrected chi connectivity index (χ3v) is 4.69. The Morgan fingerprint density at radius 2 is 2.16 bits per heavy atom. The van der Waals surface area contributed by atoms with Crippen LogP contribution in [0.4, 0.5) is 4.39 Å². The molecule has 2 unspecified atom stereocenters. The molecule has 1 fully saturated rings. The molecule has 0 amide bonds. The standard InChI is InChI=1S/C18H22ClFO5/c1-3-24-17(22)18(9-5-6-12(11-18)23-2)25-16(21)10-13-14(19)7-4-8-15(13)20/h4,7-8,12H,3,5-6,9-11H2,1-2H3. The van der Waals surface area contributed by atoms with E-state index in [-0.39, 0.29) is 36.1 Å². The molecule has 1 aromatic rings. The molecular weight excluding hydrogens is 351 g/mol. The maximum absolute atomic E-state index is 13.9. The molecule has 1 aliphatic rings. The van der Waals surface area contributed by atoms with Gasteiger partial charge in [-0.2, -0.15) is 0 Å². The van der Waals surface area contributed by atoms with Crippen LogP contribution < -0.4 is 0 Å². The molecule has 0 N–H and O–H groups in total. The monoisotopic (exact) mass is 372 g/mol. The summed E-state index contributed by atoms with van der Waals surface area (Å²) in [5, 5.41) is 0.139. The summed E-state index contributed by atoms with van der Waals surface area (Å²) in [5.74, 6) is -1.91. The first-order valence-electron chi connectivity index (χ1n) is 8.26. The van der Waals surface area contributed by atoms with Crippen LogP contribution in [0, 0.1) is 5.82 Å². The lowest BCUT2D eigenvalue weighted by Gasteiger charge is -2.37. The fourth-order valence-electron chi connectivity index (χ4n) is 3.07. The van der Waals surface area contributed by atoms with Gasteiger partial charge in [0.2, 0.25) is 5.60 Å². The number of hydrogen-bond donors (Lipinski definition) is 0. The van der Waals surface area contributed by atoms with Crippen LogP contribution in [0.15, 0.2) is 18.2 Å². The van der Waals surface area contributed by atoms with Crippen molar-refractivity contribution in [3.63, 3.8) is 0 Å². The van der Waals surface area contributed by atoms with Crippen molar-refractivity contribution >= 4 is 23.5 Å². The Hall–Kier alpha value is -1.66. The molecule has 5 nitrogen and oxygen atoms in total. The van der Waals surface area contributed by atoms with Crippen molar-refractivity contribution < 1.29 is 28.2 Å². The second-order valence-electron chi connectivity index (χ2n) is 6.02. The normalized spacial score (nSPS) is 23.1. The lowest BCUT2D eigenvalue weighted by Crippen LogP contribution is -2.50. The molecule has 25 heavy (non-hydrogen) atoms. The first-order chi connectivity index (χ1) is 11.9. The largest absolute Gasteiger partial charge is 0.463 e. The first-order valence-corrected chi connectivity index (χ1v) is 8.64. The Morgan fingerprint density at radius 3 is 2.80 bits per heavy atom. The van der Waals surface area contributed by atoms with E-state index in [0.29, 0.717) is 12.8 Å². The van der Waals surface area contributed by atoms with E-state index in [1.165, 1.54) is 18.2 Å². The lowest BCUT2D eigenvalue weighted by molar-refractivity contribution is -0.191. The van der Waals surface area contributed by atoms with Gasteiger partial charge in [-0.3, -0.25) is 4.79 Å². The van der Waals surface area contributed by atoms with Crippen LogP contribution in [0.3, 0.4) is 0 Å². The molecule has 1 aromatic carbocycles. The molecular formula is C18H22ClFO5. The van der Waals surface area contributed by atoms with Gasteiger partial charge in [-0.05, 0) is 38.3 Å². The van der Waals surface area contributed by atoms with E-state index in [2.05, 4.69) is 0 Å². The number of ether oxygens (including phenoxy) is 3. The van der Waals surface area contributed by atoms with Gasteiger partial charge in [0.15, 0.2) is 0 Å². The molecule has 138 valence electrons. The third-order valence-electron chi connectivity index (χ3n) is 4.34. The van der Waals surface area contributed by atoms with Crippen molar-refractivity contribution in [1.29, 1.82) is 0 Å². The minimum atomic E-state index is -1.40. The molecule has 1 aliphatic carbocycles. The Labute approximate surface area is 151 Å². The summed E-state index contributed by atoms with van der Waals surface area (Å²) in [7, 11) is 1.55. The quantitative estimate of drug-likeness (QED) is 0.716. The average Bonchev–Trinajstić information content (AvgIpc) is 2.58. The third kappa shape index (κ3) is 4.70. The molecule has 0 spiro atoms. The number of rotatable bonds is 6. The van der Waals surface area contributed by atoms with Gasteiger partial charge in [-0.25, -0.2) is 9.18 Å². The molecule has 0 heterocycles. The Balaban J connectivity index is 2.18. The highest BCUT2D eigenvalue weighted by atomic mass is 35.5. The highest BCUT2D eigenvalue weighted by Crippen LogP contribution is 2.35. The van der Waals surface area contributed by atoms with Gasteiger partial charge in [0.25, 0.3) is 0 Å². The number of hydrogen-bond acceptors (Lipinski definition) is 5. The van der Waals surface area contributed by atoms with Gasteiger partial charge in [-0.15, -0.1) is 0 Å². The number of benzene rings is 1. The minimum Gasteiger partial charge on any atom is -0.463 e. The predicted octanol–water partition coefficient (Wildman–Crippen LogP) is 3.46. The summed E-state index contributed by atoms with van der Waals surface area (Å²) in [4.78, 5) is 24.8. The Bertz CT molecular complexity index is 616. The molecule has 0 bridgehead atoms. The molecule has 7 heteroatoms. The second-order valence-corrected chi connectivity index (χ2v) is 6.43. The Morgan fingerprint density at radius 1 is 1.40 bits per heavy atom. The molecule has 0 aliphatic heterocycles. The summed E-state index contributed by atoms with van der Waals surface area (Å²) < 4.78 is 29.8. The van der Waals surface area contributed by atoms with Crippen molar-refractivity contribution in [2.45, 2.75) is 50.7 Å². The number of halogens is 2. The number of methoxy groups -OCH3 is 1. The predicted molar refractivity (Wildman–Crippen MR) is 89.8 cm³/mol. The molecule has 2 rings (SSSR count). The van der Waals surface area contributed by atoms with Gasteiger partial charge in [0.05, 0.1) is 19.1 Å². The summed E-state index contributed by atoms with van der Waals surface area (Å²) >= 11 is 5.95. The summed E-state index contributed by atoms with van der Waals surface area (Å²) in [6.45, 7) is 1.86. The average molecular weight is 373 g/mol. The van der Waals surface area contributed by atoms with Gasteiger partial charge < -0.3 is 14.2 Å². The molecule has 0 radical (unpaired) electrons. The van der Waals surface area contributed by atoms with Crippen LogP contribution in [-0.4, -0.2) is 37.4 Å². The molecule has 1 saturated carbocycles. The van der Waals surface area contributed by atoms with Crippen molar-refractivity contribution in [1.82, 2.24) is 0 Å². The van der Waals surface area contributed by atoms with Crippen LogP contribution in [-0.2, 0) is 30.2 Å². The van der Waals surface area contributed by atoms with E-state index in [1.54, 1.807) is 14.0 Å². The van der Waals surface area contributed by atoms with E-state index in [4.69, 9.17) is 25.8 Å². The van der Waals surface area contributed by atoms with Gasteiger partial charge in [0, 0.05) is 24.1 Å². The zero-order valence-corrected chi connectivity index (χ0v) is 15.1. The lowest BCUT2D eigenvalue weighted by atomic mass is 9.82. The molecule has 2 atom stereocenters.